The predicted octanol–water partition coefficient (Wildman–Crippen LogP) is 4.75. The van der Waals surface area contributed by atoms with E-state index in [2.05, 4.69) is 5.32 Å². The lowest BCUT2D eigenvalue weighted by Gasteiger charge is -2.19. The molecule has 0 aliphatic carbocycles. The minimum atomic E-state index is -3.70. The summed E-state index contributed by atoms with van der Waals surface area (Å²) in [6.45, 7) is 1.99. The fourth-order valence-corrected chi connectivity index (χ4v) is 4.55. The van der Waals surface area contributed by atoms with Gasteiger partial charge in [-0.15, -0.1) is 0 Å². The first-order chi connectivity index (χ1) is 14.8. The summed E-state index contributed by atoms with van der Waals surface area (Å²) < 4.78 is 32.5. The molecule has 0 fully saturated rings. The van der Waals surface area contributed by atoms with E-state index in [0.717, 1.165) is 22.1 Å². The van der Waals surface area contributed by atoms with E-state index >= 15 is 0 Å². The lowest BCUT2D eigenvalue weighted by molar-refractivity contribution is -0.115. The number of hydrogen-bond acceptors (Lipinski definition) is 4. The number of nitrogens with zero attached hydrogens (tertiary/aromatic N) is 1. The van der Waals surface area contributed by atoms with Gasteiger partial charge < -0.3 is 9.73 Å². The topological polar surface area (TPSA) is 79.6 Å². The van der Waals surface area contributed by atoms with Gasteiger partial charge in [-0.25, -0.2) is 8.42 Å². The fraction of sp³-hybridized carbons (Fsp3) is 0.125. The van der Waals surface area contributed by atoms with Crippen LogP contribution in [0.15, 0.2) is 88.4 Å². The minimum Gasteiger partial charge on any atom is -0.464 e. The monoisotopic (exact) mass is 434 g/mol. The molecule has 4 rings (SSSR count). The number of furan rings is 1. The van der Waals surface area contributed by atoms with E-state index < -0.39 is 10.0 Å². The number of hydrogen-bond donors (Lipinski definition) is 1. The molecule has 6 nitrogen and oxygen atoms in total. The Morgan fingerprint density at radius 3 is 2.42 bits per heavy atom. The third-order valence-corrected chi connectivity index (χ3v) is 6.88. The molecule has 1 amide bonds. The molecule has 1 heterocycles. The average Bonchev–Trinajstić information content (AvgIpc) is 3.15. The predicted molar refractivity (Wildman–Crippen MR) is 122 cm³/mol. The van der Waals surface area contributed by atoms with E-state index in [4.69, 9.17) is 4.42 Å². The summed E-state index contributed by atoms with van der Waals surface area (Å²) in [7, 11) is -2.19. The number of fused-ring (bicyclic) bond motifs is 1. The Morgan fingerprint density at radius 2 is 1.71 bits per heavy atom. The molecule has 0 spiro atoms. The number of rotatable bonds is 6. The van der Waals surface area contributed by atoms with Crippen molar-refractivity contribution in [1.82, 2.24) is 0 Å². The summed E-state index contributed by atoms with van der Waals surface area (Å²) in [4.78, 5) is 12.7. The summed E-state index contributed by atoms with van der Waals surface area (Å²) in [5.41, 5.74) is 3.73. The third kappa shape index (κ3) is 4.32. The summed E-state index contributed by atoms with van der Waals surface area (Å²) >= 11 is 0. The van der Waals surface area contributed by atoms with Crippen LogP contribution in [-0.4, -0.2) is 21.4 Å². The number of amides is 1. The zero-order valence-electron chi connectivity index (χ0n) is 17.2. The quantitative estimate of drug-likeness (QED) is 0.475. The van der Waals surface area contributed by atoms with Crippen molar-refractivity contribution in [1.29, 1.82) is 0 Å². The molecule has 3 aromatic carbocycles. The first kappa shape index (κ1) is 20.7. The van der Waals surface area contributed by atoms with Crippen LogP contribution in [0.4, 0.5) is 11.4 Å². The van der Waals surface area contributed by atoms with Crippen LogP contribution in [0.25, 0.3) is 11.0 Å². The Bertz CT molecular complexity index is 1330. The molecule has 0 aliphatic rings. The molecular formula is C24H22N2O4S. The molecule has 0 saturated heterocycles. The highest BCUT2D eigenvalue weighted by Gasteiger charge is 2.21. The van der Waals surface area contributed by atoms with Gasteiger partial charge in [-0.1, -0.05) is 29.8 Å². The lowest BCUT2D eigenvalue weighted by atomic mass is 10.1. The molecule has 31 heavy (non-hydrogen) atoms. The van der Waals surface area contributed by atoms with Gasteiger partial charge in [0, 0.05) is 23.7 Å². The fourth-order valence-electron chi connectivity index (χ4n) is 3.36. The maximum Gasteiger partial charge on any atom is 0.264 e. The normalized spacial score (nSPS) is 11.4. The van der Waals surface area contributed by atoms with Crippen LogP contribution in [0.5, 0.6) is 0 Å². The standard InChI is InChI=1S/C24H22N2O4S/c1-17-8-13-23-22(14-17)18(16-30-23)15-24(27)25-19-9-11-21(12-10-19)31(28,29)26(2)20-6-4-3-5-7-20/h3-14,16H,15H2,1-2H3,(H,25,27). The molecule has 1 N–H and O–H groups in total. The van der Waals surface area contributed by atoms with Crippen molar-refractivity contribution in [3.63, 3.8) is 0 Å². The van der Waals surface area contributed by atoms with Crippen LogP contribution in [0, 0.1) is 6.92 Å². The Labute approximate surface area is 181 Å². The molecule has 158 valence electrons. The second-order valence-corrected chi connectivity index (χ2v) is 9.29. The minimum absolute atomic E-state index is 0.146. The smallest absolute Gasteiger partial charge is 0.264 e. The van der Waals surface area contributed by atoms with Gasteiger partial charge in [0.25, 0.3) is 10.0 Å². The third-order valence-electron chi connectivity index (χ3n) is 5.08. The number of sulfonamides is 1. The van der Waals surface area contributed by atoms with E-state index in [-0.39, 0.29) is 17.2 Å². The molecule has 0 unspecified atom stereocenters. The van der Waals surface area contributed by atoms with Crippen molar-refractivity contribution in [2.45, 2.75) is 18.2 Å². The second kappa shape index (κ2) is 8.28. The molecule has 7 heteroatoms. The highest BCUT2D eigenvalue weighted by molar-refractivity contribution is 7.92. The highest BCUT2D eigenvalue weighted by atomic mass is 32.2. The first-order valence-corrected chi connectivity index (χ1v) is 11.2. The lowest BCUT2D eigenvalue weighted by Crippen LogP contribution is -2.26. The van der Waals surface area contributed by atoms with Gasteiger partial charge in [0.15, 0.2) is 0 Å². The molecule has 0 aliphatic heterocycles. The van der Waals surface area contributed by atoms with Crippen molar-refractivity contribution in [2.75, 3.05) is 16.7 Å². The van der Waals surface area contributed by atoms with E-state index in [1.165, 1.54) is 23.5 Å². The second-order valence-electron chi connectivity index (χ2n) is 7.32. The zero-order chi connectivity index (χ0) is 22.0. The van der Waals surface area contributed by atoms with Crippen LogP contribution in [0.1, 0.15) is 11.1 Å². The summed E-state index contributed by atoms with van der Waals surface area (Å²) in [5.74, 6) is -0.207. The summed E-state index contributed by atoms with van der Waals surface area (Å²) in [6.07, 6.45) is 1.76. The van der Waals surface area contributed by atoms with Crippen molar-refractivity contribution in [3.05, 3.63) is 90.2 Å². The first-order valence-electron chi connectivity index (χ1n) is 9.75. The van der Waals surface area contributed by atoms with Gasteiger partial charge in [0.05, 0.1) is 23.3 Å². The highest BCUT2D eigenvalue weighted by Crippen LogP contribution is 2.25. The molecular weight excluding hydrogens is 412 g/mol. The van der Waals surface area contributed by atoms with Gasteiger partial charge in [0.1, 0.15) is 5.58 Å². The van der Waals surface area contributed by atoms with Crippen molar-refractivity contribution in [3.8, 4) is 0 Å². The molecule has 0 radical (unpaired) electrons. The molecule has 4 aromatic rings. The van der Waals surface area contributed by atoms with E-state index in [9.17, 15) is 13.2 Å². The van der Waals surface area contributed by atoms with Gasteiger partial charge in [-0.3, -0.25) is 9.10 Å². The van der Waals surface area contributed by atoms with Crippen molar-refractivity contribution >= 4 is 38.3 Å². The van der Waals surface area contributed by atoms with Gasteiger partial charge in [0.2, 0.25) is 5.91 Å². The maximum absolute atomic E-state index is 12.9. The van der Waals surface area contributed by atoms with Crippen LogP contribution in [-0.2, 0) is 21.2 Å². The van der Waals surface area contributed by atoms with Gasteiger partial charge in [-0.05, 0) is 55.5 Å². The number of anilines is 2. The Hall–Kier alpha value is -3.58. The van der Waals surface area contributed by atoms with E-state index in [1.807, 2.05) is 31.2 Å². The van der Waals surface area contributed by atoms with Crippen LogP contribution >= 0.6 is 0 Å². The number of para-hydroxylation sites is 1. The van der Waals surface area contributed by atoms with Crippen LogP contribution < -0.4 is 9.62 Å². The van der Waals surface area contributed by atoms with Gasteiger partial charge in [-0.2, -0.15) is 0 Å². The number of carbonyl (C=O) groups is 1. The SMILES string of the molecule is Cc1ccc2occ(CC(=O)Nc3ccc(S(=O)(=O)N(C)c4ccccc4)cc3)c2c1. The largest absolute Gasteiger partial charge is 0.464 e. The number of nitrogens with one attached hydrogen (secondary N) is 1. The van der Waals surface area contributed by atoms with E-state index in [0.29, 0.717) is 11.4 Å². The molecule has 0 bridgehead atoms. The zero-order valence-corrected chi connectivity index (χ0v) is 18.0. The van der Waals surface area contributed by atoms with Gasteiger partial charge >= 0.3 is 0 Å². The molecule has 1 aromatic heterocycles. The number of aryl methyl sites for hydroxylation is 1. The van der Waals surface area contributed by atoms with Crippen LogP contribution in [0.2, 0.25) is 0 Å². The average molecular weight is 435 g/mol. The Balaban J connectivity index is 1.46. The summed E-state index contributed by atoms with van der Waals surface area (Å²) in [6, 6.07) is 20.8. The number of benzene rings is 3. The maximum atomic E-state index is 12.9. The van der Waals surface area contributed by atoms with E-state index in [1.54, 1.807) is 42.7 Å². The van der Waals surface area contributed by atoms with Crippen molar-refractivity contribution in [2.24, 2.45) is 0 Å². The molecule has 0 atom stereocenters. The van der Waals surface area contributed by atoms with Crippen LogP contribution in [0.3, 0.4) is 0 Å². The number of carbonyl (C=O) groups excluding carboxylic acids is 1. The Kier molecular flexibility index (Phi) is 5.52. The Morgan fingerprint density at radius 1 is 1.00 bits per heavy atom. The molecule has 0 saturated carbocycles. The summed E-state index contributed by atoms with van der Waals surface area (Å²) in [5, 5.41) is 3.73. The van der Waals surface area contributed by atoms with Crippen molar-refractivity contribution < 1.29 is 17.6 Å².